The van der Waals surface area contributed by atoms with E-state index in [1.807, 2.05) is 12.1 Å². The van der Waals surface area contributed by atoms with E-state index in [1.165, 1.54) is 12.1 Å². The molecule has 3 rings (SSSR count). The Hall–Kier alpha value is -2.49. The van der Waals surface area contributed by atoms with Crippen molar-refractivity contribution in [3.8, 4) is 5.75 Å². The van der Waals surface area contributed by atoms with Gasteiger partial charge in [-0.15, -0.1) is 0 Å². The minimum atomic E-state index is -0.267. The summed E-state index contributed by atoms with van der Waals surface area (Å²) in [5.74, 6) is 0.606. The average molecular weight is 312 g/mol. The second-order valence-corrected chi connectivity index (χ2v) is 5.98. The van der Waals surface area contributed by atoms with Crippen molar-refractivity contribution < 1.29 is 13.9 Å². The van der Waals surface area contributed by atoms with Gasteiger partial charge in [0.25, 0.3) is 5.69 Å². The molecule has 1 aliphatic heterocycles. The van der Waals surface area contributed by atoms with Crippen molar-refractivity contribution in [1.82, 2.24) is 0 Å². The number of methoxy groups -OCH3 is 1. The number of rotatable bonds is 3. The fourth-order valence-electron chi connectivity index (χ4n) is 2.98. The van der Waals surface area contributed by atoms with Crippen molar-refractivity contribution in [3.05, 3.63) is 69.9 Å². The Morgan fingerprint density at radius 1 is 1.13 bits per heavy atom. The Kier molecular flexibility index (Phi) is 3.99. The summed E-state index contributed by atoms with van der Waals surface area (Å²) >= 11 is 0. The third kappa shape index (κ3) is 2.77. The van der Waals surface area contributed by atoms with Gasteiger partial charge in [0.1, 0.15) is 11.6 Å². The molecule has 0 spiro atoms. The van der Waals surface area contributed by atoms with E-state index in [0.717, 1.165) is 27.0 Å². The molecule has 0 unspecified atom stereocenters. The SMILES string of the molecule is COc1ccc2c(c1)[N+](=O)CC(C(C)C)=C2c1ccc(F)cc1. The number of nitrogens with zero attached hydrogens (tertiary/aromatic N) is 1. The lowest BCUT2D eigenvalue weighted by atomic mass is 9.84. The smallest absolute Gasteiger partial charge is 0.267 e. The molecule has 0 saturated heterocycles. The van der Waals surface area contributed by atoms with Gasteiger partial charge in [0, 0.05) is 20.8 Å². The second kappa shape index (κ2) is 5.95. The third-order valence-corrected chi connectivity index (χ3v) is 4.21. The van der Waals surface area contributed by atoms with Crippen LogP contribution in [-0.4, -0.2) is 18.4 Å². The van der Waals surface area contributed by atoms with Gasteiger partial charge in [0.15, 0.2) is 0 Å². The first-order chi connectivity index (χ1) is 11.0. The monoisotopic (exact) mass is 312 g/mol. The summed E-state index contributed by atoms with van der Waals surface area (Å²) in [5.41, 5.74) is 4.46. The number of benzene rings is 2. The van der Waals surface area contributed by atoms with Gasteiger partial charge in [-0.3, -0.25) is 0 Å². The molecule has 2 aromatic carbocycles. The molecule has 0 bridgehead atoms. The standard InChI is InChI=1S/C19H19FNO2/c1-12(2)17-11-21(22)18-10-15(23-3)8-9-16(18)19(17)13-4-6-14(20)7-5-13/h4-10,12H,11H2,1-3H3/q+1. The molecule has 4 heteroatoms. The highest BCUT2D eigenvalue weighted by molar-refractivity contribution is 5.87. The number of fused-ring (bicyclic) bond motifs is 1. The van der Waals surface area contributed by atoms with E-state index < -0.39 is 0 Å². The first-order valence-electron chi connectivity index (χ1n) is 7.63. The lowest BCUT2D eigenvalue weighted by Crippen LogP contribution is -2.19. The summed E-state index contributed by atoms with van der Waals surface area (Å²) in [6.07, 6.45) is 0. The zero-order valence-electron chi connectivity index (χ0n) is 13.5. The molecular formula is C19H19FNO2+. The van der Waals surface area contributed by atoms with E-state index in [1.54, 1.807) is 25.3 Å². The molecule has 1 heterocycles. The summed E-state index contributed by atoms with van der Waals surface area (Å²) in [6.45, 7) is 4.45. The Bertz CT molecular complexity index is 792. The molecular weight excluding hydrogens is 293 g/mol. The van der Waals surface area contributed by atoms with Crippen LogP contribution in [0.2, 0.25) is 0 Å². The highest BCUT2D eigenvalue weighted by Gasteiger charge is 2.33. The normalized spacial score (nSPS) is 14.2. The molecule has 0 atom stereocenters. The lowest BCUT2D eigenvalue weighted by Gasteiger charge is -2.21. The molecule has 3 nitrogen and oxygen atoms in total. The molecule has 0 saturated carbocycles. The quantitative estimate of drug-likeness (QED) is 0.768. The maximum Gasteiger partial charge on any atom is 0.267 e. The number of nitroso groups, excluding NO2 is 1. The minimum absolute atomic E-state index is 0.224. The first-order valence-corrected chi connectivity index (χ1v) is 7.63. The van der Waals surface area contributed by atoms with Gasteiger partial charge in [0.05, 0.1) is 18.7 Å². The van der Waals surface area contributed by atoms with E-state index in [9.17, 15) is 9.30 Å². The fraction of sp³-hybridized carbons (Fsp3) is 0.263. The maximum absolute atomic E-state index is 13.3. The van der Waals surface area contributed by atoms with E-state index >= 15 is 0 Å². The fourth-order valence-corrected chi connectivity index (χ4v) is 2.98. The summed E-state index contributed by atoms with van der Waals surface area (Å²) in [5, 5.41) is 0. The van der Waals surface area contributed by atoms with Gasteiger partial charge in [-0.05, 0) is 35.7 Å². The Balaban J connectivity index is 2.26. The van der Waals surface area contributed by atoms with E-state index in [4.69, 9.17) is 4.74 Å². The zero-order valence-corrected chi connectivity index (χ0v) is 13.5. The number of ether oxygens (including phenoxy) is 1. The Labute approximate surface area is 135 Å². The highest BCUT2D eigenvalue weighted by Crippen LogP contribution is 2.41. The molecule has 23 heavy (non-hydrogen) atoms. The lowest BCUT2D eigenvalue weighted by molar-refractivity contribution is -0.456. The van der Waals surface area contributed by atoms with Crippen molar-refractivity contribution in [3.63, 3.8) is 0 Å². The van der Waals surface area contributed by atoms with Crippen LogP contribution in [0.3, 0.4) is 0 Å². The van der Waals surface area contributed by atoms with Crippen molar-refractivity contribution in [2.24, 2.45) is 5.92 Å². The van der Waals surface area contributed by atoms with E-state index in [2.05, 4.69) is 13.8 Å². The third-order valence-electron chi connectivity index (χ3n) is 4.21. The predicted octanol–water partition coefficient (Wildman–Crippen LogP) is 4.72. The number of hydrogen-bond donors (Lipinski definition) is 0. The van der Waals surface area contributed by atoms with Crippen LogP contribution < -0.4 is 4.74 Å². The summed E-state index contributed by atoms with van der Waals surface area (Å²) in [4.78, 5) is 12.5. The minimum Gasteiger partial charge on any atom is -0.497 e. The van der Waals surface area contributed by atoms with E-state index in [0.29, 0.717) is 18.0 Å². The molecule has 0 amide bonds. The predicted molar refractivity (Wildman–Crippen MR) is 88.4 cm³/mol. The molecule has 118 valence electrons. The average Bonchev–Trinajstić information content (AvgIpc) is 2.55. The van der Waals surface area contributed by atoms with Gasteiger partial charge in [-0.1, -0.05) is 26.0 Å². The summed E-state index contributed by atoms with van der Waals surface area (Å²) < 4.78 is 19.5. The van der Waals surface area contributed by atoms with Crippen LogP contribution >= 0.6 is 0 Å². The largest absolute Gasteiger partial charge is 0.497 e. The van der Waals surface area contributed by atoms with Crippen LogP contribution in [0, 0.1) is 16.6 Å². The second-order valence-electron chi connectivity index (χ2n) is 5.98. The van der Waals surface area contributed by atoms with Gasteiger partial charge >= 0.3 is 0 Å². The first kappa shape index (κ1) is 15.4. The zero-order chi connectivity index (χ0) is 16.6. The van der Waals surface area contributed by atoms with Crippen molar-refractivity contribution >= 4 is 11.3 Å². The van der Waals surface area contributed by atoms with Crippen LogP contribution in [-0.2, 0) is 0 Å². The summed E-state index contributed by atoms with van der Waals surface area (Å²) in [7, 11) is 1.58. The van der Waals surface area contributed by atoms with Crippen LogP contribution in [0.4, 0.5) is 10.1 Å². The van der Waals surface area contributed by atoms with Gasteiger partial charge in [0.2, 0.25) is 6.54 Å². The highest BCUT2D eigenvalue weighted by atomic mass is 19.1. The molecule has 2 aromatic rings. The Morgan fingerprint density at radius 3 is 2.43 bits per heavy atom. The molecule has 0 fully saturated rings. The van der Waals surface area contributed by atoms with Crippen LogP contribution in [0.15, 0.2) is 48.0 Å². The molecule has 0 N–H and O–H groups in total. The van der Waals surface area contributed by atoms with Crippen molar-refractivity contribution in [1.29, 1.82) is 0 Å². The maximum atomic E-state index is 13.3. The topological polar surface area (TPSA) is 29.3 Å². The van der Waals surface area contributed by atoms with Crippen molar-refractivity contribution in [2.75, 3.05) is 13.7 Å². The number of hydrogen-bond acceptors (Lipinski definition) is 2. The van der Waals surface area contributed by atoms with Gasteiger partial charge < -0.3 is 4.74 Å². The molecule has 1 aliphatic rings. The van der Waals surface area contributed by atoms with Gasteiger partial charge in [-0.25, -0.2) is 4.39 Å². The molecule has 0 aliphatic carbocycles. The molecule has 0 aromatic heterocycles. The molecule has 0 radical (unpaired) electrons. The van der Waals surface area contributed by atoms with Crippen LogP contribution in [0.25, 0.3) is 5.57 Å². The van der Waals surface area contributed by atoms with E-state index in [-0.39, 0.29) is 11.7 Å². The van der Waals surface area contributed by atoms with Gasteiger partial charge in [-0.2, -0.15) is 0 Å². The number of halogens is 1. The Morgan fingerprint density at radius 2 is 1.83 bits per heavy atom. The van der Waals surface area contributed by atoms with Crippen LogP contribution in [0.5, 0.6) is 5.75 Å². The van der Waals surface area contributed by atoms with Crippen molar-refractivity contribution in [2.45, 2.75) is 13.8 Å². The van der Waals surface area contributed by atoms with Crippen LogP contribution in [0.1, 0.15) is 25.0 Å². The summed E-state index contributed by atoms with van der Waals surface area (Å²) in [6, 6.07) is 11.9.